The number of carbonyl (C=O) groups excluding carboxylic acids is 1. The molecule has 0 atom stereocenters. The Hall–Kier alpha value is -0.930. The van der Waals surface area contributed by atoms with Gasteiger partial charge in [-0.3, -0.25) is 0 Å². The van der Waals surface area contributed by atoms with E-state index in [0.717, 1.165) is 52.1 Å². The van der Waals surface area contributed by atoms with E-state index in [-0.39, 0.29) is 10.8 Å². The van der Waals surface area contributed by atoms with Gasteiger partial charge in [0, 0.05) is 39.3 Å². The molecular weight excluding hydrogens is 248 g/mol. The molecule has 0 aromatic carbocycles. The van der Waals surface area contributed by atoms with Gasteiger partial charge in [-0.1, -0.05) is 0 Å². The van der Waals surface area contributed by atoms with Crippen molar-refractivity contribution in [2.75, 3.05) is 45.5 Å². The third-order valence-electron chi connectivity index (χ3n) is 3.89. The highest BCUT2D eigenvalue weighted by Crippen LogP contribution is 2.33. The molecule has 5 nitrogen and oxygen atoms in total. The summed E-state index contributed by atoms with van der Waals surface area (Å²) in [6, 6.07) is 2.51. The predicted molar refractivity (Wildman–Crippen MR) is 72.5 cm³/mol. The summed E-state index contributed by atoms with van der Waals surface area (Å²) in [7, 11) is 0. The van der Waals surface area contributed by atoms with Crippen molar-refractivity contribution in [3.05, 3.63) is 0 Å². The minimum absolute atomic E-state index is 0.0579. The highest BCUT2D eigenvalue weighted by molar-refractivity contribution is 8.00. The molecule has 2 heterocycles. The second kappa shape index (κ2) is 5.81. The number of hydrogen-bond acceptors (Lipinski definition) is 4. The zero-order chi connectivity index (χ0) is 13.0. The lowest BCUT2D eigenvalue weighted by atomic mass is 9.97. The van der Waals surface area contributed by atoms with Gasteiger partial charge in [0.25, 0.3) is 0 Å². The smallest absolute Gasteiger partial charge is 0.317 e. The summed E-state index contributed by atoms with van der Waals surface area (Å²) in [5, 5.41) is 12.0. The SMILES string of the molecule is CSC1(C#N)CCN(CCN2CCNC2=O)CC1. The lowest BCUT2D eigenvalue weighted by Gasteiger charge is -2.36. The molecule has 1 N–H and O–H groups in total. The maximum atomic E-state index is 11.4. The third kappa shape index (κ3) is 2.90. The summed E-state index contributed by atoms with van der Waals surface area (Å²) in [5.41, 5.74) is 0. The lowest BCUT2D eigenvalue weighted by molar-refractivity contribution is 0.183. The number of urea groups is 1. The highest BCUT2D eigenvalue weighted by atomic mass is 32.2. The van der Waals surface area contributed by atoms with Crippen LogP contribution in [0.15, 0.2) is 0 Å². The molecule has 2 amide bonds. The number of likely N-dealkylation sites (tertiary alicyclic amines) is 1. The Bertz CT molecular complexity index is 346. The van der Waals surface area contributed by atoms with Gasteiger partial charge in [-0.15, -0.1) is 11.8 Å². The van der Waals surface area contributed by atoms with E-state index >= 15 is 0 Å². The molecule has 0 bridgehead atoms. The zero-order valence-electron chi connectivity index (χ0n) is 10.8. The maximum Gasteiger partial charge on any atom is 0.317 e. The molecular formula is C12H20N4OS. The molecule has 2 rings (SSSR count). The van der Waals surface area contributed by atoms with E-state index < -0.39 is 0 Å². The molecule has 18 heavy (non-hydrogen) atoms. The van der Waals surface area contributed by atoms with Gasteiger partial charge in [-0.25, -0.2) is 4.79 Å². The Morgan fingerprint density at radius 2 is 2.11 bits per heavy atom. The molecule has 0 radical (unpaired) electrons. The van der Waals surface area contributed by atoms with Gasteiger partial charge in [0.05, 0.1) is 6.07 Å². The zero-order valence-corrected chi connectivity index (χ0v) is 11.6. The van der Waals surface area contributed by atoms with Crippen molar-refractivity contribution in [1.82, 2.24) is 15.1 Å². The molecule has 0 unspecified atom stereocenters. The van der Waals surface area contributed by atoms with Gasteiger partial charge in [-0.2, -0.15) is 5.26 Å². The van der Waals surface area contributed by atoms with Crippen LogP contribution in [-0.2, 0) is 0 Å². The average Bonchev–Trinajstić information content (AvgIpc) is 2.83. The van der Waals surface area contributed by atoms with E-state index in [1.54, 1.807) is 11.8 Å². The molecule has 0 saturated carbocycles. The van der Waals surface area contributed by atoms with Gasteiger partial charge in [0.2, 0.25) is 0 Å². The fourth-order valence-corrected chi connectivity index (χ4v) is 3.17. The first-order valence-electron chi connectivity index (χ1n) is 6.41. The topological polar surface area (TPSA) is 59.4 Å². The number of hydrogen-bond donors (Lipinski definition) is 1. The fourth-order valence-electron chi connectivity index (χ4n) is 2.49. The van der Waals surface area contributed by atoms with Crippen molar-refractivity contribution in [3.8, 4) is 6.07 Å². The van der Waals surface area contributed by atoms with E-state index in [4.69, 9.17) is 0 Å². The Labute approximate surface area is 112 Å². The standard InChI is InChI=1S/C12H20N4OS/c1-18-12(10-13)2-5-15(6-3-12)8-9-16-7-4-14-11(16)17/h2-9H2,1H3,(H,14,17). The first-order chi connectivity index (χ1) is 8.69. The minimum atomic E-state index is -0.179. The van der Waals surface area contributed by atoms with Crippen LogP contribution in [0.25, 0.3) is 0 Å². The van der Waals surface area contributed by atoms with Crippen molar-refractivity contribution < 1.29 is 4.79 Å². The van der Waals surface area contributed by atoms with Crippen LogP contribution in [0.5, 0.6) is 0 Å². The van der Waals surface area contributed by atoms with Gasteiger partial charge < -0.3 is 15.1 Å². The summed E-state index contributed by atoms with van der Waals surface area (Å²) in [5.74, 6) is 0. The third-order valence-corrected chi connectivity index (χ3v) is 5.17. The number of nitrogens with zero attached hydrogens (tertiary/aromatic N) is 3. The number of nitrogens with one attached hydrogen (secondary N) is 1. The minimum Gasteiger partial charge on any atom is -0.336 e. The lowest BCUT2D eigenvalue weighted by Crippen LogP contribution is -2.44. The van der Waals surface area contributed by atoms with Crippen LogP contribution in [-0.4, -0.2) is 66.1 Å². The monoisotopic (exact) mass is 268 g/mol. The van der Waals surface area contributed by atoms with Crippen LogP contribution in [0, 0.1) is 11.3 Å². The Balaban J connectivity index is 1.74. The van der Waals surface area contributed by atoms with E-state index in [1.807, 2.05) is 11.2 Å². The normalized spacial score (nSPS) is 23.8. The summed E-state index contributed by atoms with van der Waals surface area (Å²) in [6.45, 7) is 5.23. The number of thioether (sulfide) groups is 1. The van der Waals surface area contributed by atoms with Crippen molar-refractivity contribution in [3.63, 3.8) is 0 Å². The molecule has 100 valence electrons. The Morgan fingerprint density at radius 3 is 2.61 bits per heavy atom. The Kier molecular flexibility index (Phi) is 4.36. The molecule has 2 saturated heterocycles. The predicted octanol–water partition coefficient (Wildman–Crippen LogP) is 0.733. The van der Waals surface area contributed by atoms with E-state index in [2.05, 4.69) is 16.3 Å². The van der Waals surface area contributed by atoms with E-state index in [0.29, 0.717) is 0 Å². The molecule has 0 aromatic rings. The number of nitriles is 1. The summed E-state index contributed by atoms with van der Waals surface area (Å²) < 4.78 is -0.179. The van der Waals surface area contributed by atoms with Crippen molar-refractivity contribution in [2.24, 2.45) is 0 Å². The molecule has 2 fully saturated rings. The number of rotatable bonds is 4. The van der Waals surface area contributed by atoms with Crippen molar-refractivity contribution in [2.45, 2.75) is 17.6 Å². The Morgan fingerprint density at radius 1 is 1.39 bits per heavy atom. The molecule has 2 aliphatic rings. The van der Waals surface area contributed by atoms with Crippen LogP contribution in [0.4, 0.5) is 4.79 Å². The maximum absolute atomic E-state index is 11.4. The first-order valence-corrected chi connectivity index (χ1v) is 7.63. The van der Waals surface area contributed by atoms with Crippen LogP contribution in [0.2, 0.25) is 0 Å². The van der Waals surface area contributed by atoms with E-state index in [9.17, 15) is 10.1 Å². The van der Waals surface area contributed by atoms with Crippen molar-refractivity contribution in [1.29, 1.82) is 5.26 Å². The quantitative estimate of drug-likeness (QED) is 0.817. The van der Waals surface area contributed by atoms with Crippen LogP contribution in [0.3, 0.4) is 0 Å². The largest absolute Gasteiger partial charge is 0.336 e. The van der Waals surface area contributed by atoms with Crippen LogP contribution in [0.1, 0.15) is 12.8 Å². The number of amides is 2. The average molecular weight is 268 g/mol. The van der Waals surface area contributed by atoms with Crippen LogP contribution >= 0.6 is 11.8 Å². The van der Waals surface area contributed by atoms with Gasteiger partial charge in [-0.05, 0) is 19.1 Å². The van der Waals surface area contributed by atoms with Crippen LogP contribution < -0.4 is 5.32 Å². The second-order valence-electron chi connectivity index (χ2n) is 4.87. The van der Waals surface area contributed by atoms with E-state index in [1.165, 1.54) is 0 Å². The number of carbonyl (C=O) groups is 1. The summed E-state index contributed by atoms with van der Waals surface area (Å²) in [6.07, 6.45) is 3.88. The molecule has 2 aliphatic heterocycles. The fraction of sp³-hybridized carbons (Fsp3) is 0.833. The molecule has 0 aliphatic carbocycles. The van der Waals surface area contributed by atoms with Gasteiger partial charge >= 0.3 is 6.03 Å². The van der Waals surface area contributed by atoms with Crippen molar-refractivity contribution >= 4 is 17.8 Å². The second-order valence-corrected chi connectivity index (χ2v) is 6.06. The molecule has 0 aromatic heterocycles. The summed E-state index contributed by atoms with van der Waals surface area (Å²) in [4.78, 5) is 15.6. The molecule has 6 heteroatoms. The van der Waals surface area contributed by atoms with Gasteiger partial charge in [0.15, 0.2) is 0 Å². The first kappa shape index (κ1) is 13.5. The summed E-state index contributed by atoms with van der Waals surface area (Å²) >= 11 is 1.68. The molecule has 0 spiro atoms. The number of piperidine rings is 1. The highest BCUT2D eigenvalue weighted by Gasteiger charge is 2.34. The van der Waals surface area contributed by atoms with Gasteiger partial charge in [0.1, 0.15) is 4.75 Å².